The molecule has 0 aliphatic carbocycles. The van der Waals surface area contributed by atoms with E-state index in [1.165, 1.54) is 5.69 Å². The van der Waals surface area contributed by atoms with Crippen LogP contribution in [0.15, 0.2) is 6.20 Å². The number of aryl methyl sites for hydroxylation is 1. The van der Waals surface area contributed by atoms with Crippen LogP contribution >= 0.6 is 0 Å². The molecule has 1 aromatic rings. The summed E-state index contributed by atoms with van der Waals surface area (Å²) < 4.78 is 2.03. The van der Waals surface area contributed by atoms with Gasteiger partial charge in [-0.1, -0.05) is 26.0 Å². The van der Waals surface area contributed by atoms with Gasteiger partial charge in [-0.05, 0) is 40.4 Å². The summed E-state index contributed by atoms with van der Waals surface area (Å²) in [6.07, 6.45) is 4.04. The molecular weight excluding hydrogens is 238 g/mol. The van der Waals surface area contributed by atoms with E-state index in [4.69, 9.17) is 0 Å². The zero-order valence-electron chi connectivity index (χ0n) is 13.3. The molecule has 0 saturated heterocycles. The first kappa shape index (κ1) is 16.1. The molecule has 19 heavy (non-hydrogen) atoms. The van der Waals surface area contributed by atoms with Crippen LogP contribution in [-0.4, -0.2) is 46.1 Å². The van der Waals surface area contributed by atoms with Crippen LogP contribution in [0.5, 0.6) is 0 Å². The summed E-state index contributed by atoms with van der Waals surface area (Å²) in [6, 6.07) is 0.235. The number of hydrogen-bond donors (Lipinski definition) is 1. The molecule has 5 nitrogen and oxygen atoms in total. The van der Waals surface area contributed by atoms with Crippen molar-refractivity contribution in [3.63, 3.8) is 0 Å². The van der Waals surface area contributed by atoms with Crippen molar-refractivity contribution in [2.24, 2.45) is 0 Å². The van der Waals surface area contributed by atoms with Crippen LogP contribution in [-0.2, 0) is 6.54 Å². The van der Waals surface area contributed by atoms with Crippen molar-refractivity contribution >= 4 is 0 Å². The Morgan fingerprint density at radius 3 is 2.53 bits per heavy atom. The molecule has 1 heterocycles. The van der Waals surface area contributed by atoms with Gasteiger partial charge in [0.15, 0.2) is 0 Å². The molecule has 5 heteroatoms. The molecule has 0 aromatic carbocycles. The Kier molecular flexibility index (Phi) is 5.94. The molecule has 0 aliphatic heterocycles. The van der Waals surface area contributed by atoms with Gasteiger partial charge in [0.05, 0.1) is 17.9 Å². The van der Waals surface area contributed by atoms with Gasteiger partial charge in [-0.15, -0.1) is 5.10 Å². The van der Waals surface area contributed by atoms with Gasteiger partial charge >= 0.3 is 0 Å². The molecule has 2 atom stereocenters. The fraction of sp³-hybridized carbons (Fsp3) is 0.857. The highest BCUT2D eigenvalue weighted by atomic mass is 15.4. The smallest absolute Gasteiger partial charge is 0.0775 e. The molecule has 0 bridgehead atoms. The van der Waals surface area contributed by atoms with E-state index in [0.29, 0.717) is 0 Å². The predicted octanol–water partition coefficient (Wildman–Crippen LogP) is 2.07. The predicted molar refractivity (Wildman–Crippen MR) is 79.1 cm³/mol. The first-order chi connectivity index (χ1) is 9.01. The summed E-state index contributed by atoms with van der Waals surface area (Å²) in [5.74, 6) is 0. The van der Waals surface area contributed by atoms with Gasteiger partial charge in [0, 0.05) is 12.1 Å². The van der Waals surface area contributed by atoms with Crippen molar-refractivity contribution in [1.29, 1.82) is 0 Å². The molecule has 0 amide bonds. The van der Waals surface area contributed by atoms with E-state index in [1.54, 1.807) is 0 Å². The molecule has 0 saturated carbocycles. The Hall–Kier alpha value is -0.940. The SMILES string of the molecule is CCCn1nncc1C(NCC)C(C)(CC)N(C)C. The molecule has 2 unspecified atom stereocenters. The zero-order chi connectivity index (χ0) is 14.5. The minimum atomic E-state index is 0.0449. The maximum atomic E-state index is 4.22. The van der Waals surface area contributed by atoms with Crippen molar-refractivity contribution in [2.45, 2.75) is 58.7 Å². The first-order valence-corrected chi connectivity index (χ1v) is 7.30. The summed E-state index contributed by atoms with van der Waals surface area (Å²) in [5, 5.41) is 11.9. The van der Waals surface area contributed by atoms with E-state index >= 15 is 0 Å². The van der Waals surface area contributed by atoms with Gasteiger partial charge in [0.1, 0.15) is 0 Å². The highest BCUT2D eigenvalue weighted by Gasteiger charge is 2.37. The molecule has 1 rings (SSSR count). The van der Waals surface area contributed by atoms with E-state index in [0.717, 1.165) is 25.9 Å². The van der Waals surface area contributed by atoms with Crippen LogP contribution in [0.3, 0.4) is 0 Å². The van der Waals surface area contributed by atoms with Crippen LogP contribution in [0.25, 0.3) is 0 Å². The molecule has 110 valence electrons. The lowest BCUT2D eigenvalue weighted by Gasteiger charge is -2.43. The molecule has 0 aliphatic rings. The monoisotopic (exact) mass is 267 g/mol. The maximum Gasteiger partial charge on any atom is 0.0775 e. The largest absolute Gasteiger partial charge is 0.307 e. The Labute approximate surface area is 117 Å². The van der Waals surface area contributed by atoms with Crippen molar-refractivity contribution in [2.75, 3.05) is 20.6 Å². The third kappa shape index (κ3) is 3.34. The van der Waals surface area contributed by atoms with Gasteiger partial charge < -0.3 is 10.2 Å². The number of nitrogens with zero attached hydrogens (tertiary/aromatic N) is 4. The highest BCUT2D eigenvalue weighted by molar-refractivity contribution is 5.11. The third-order valence-corrected chi connectivity index (χ3v) is 4.15. The van der Waals surface area contributed by atoms with Gasteiger partial charge in [-0.2, -0.15) is 0 Å². The quantitative estimate of drug-likeness (QED) is 0.783. The van der Waals surface area contributed by atoms with Crippen molar-refractivity contribution < 1.29 is 0 Å². The summed E-state index contributed by atoms with van der Waals surface area (Å²) in [5.41, 5.74) is 1.23. The number of likely N-dealkylation sites (N-methyl/N-ethyl adjacent to an activating group) is 2. The summed E-state index contributed by atoms with van der Waals surface area (Å²) in [7, 11) is 4.28. The minimum Gasteiger partial charge on any atom is -0.307 e. The summed E-state index contributed by atoms with van der Waals surface area (Å²) >= 11 is 0. The minimum absolute atomic E-state index is 0.0449. The van der Waals surface area contributed by atoms with Crippen LogP contribution in [0.2, 0.25) is 0 Å². The lowest BCUT2D eigenvalue weighted by molar-refractivity contribution is 0.109. The van der Waals surface area contributed by atoms with Crippen LogP contribution in [0, 0.1) is 0 Å². The molecule has 1 aromatic heterocycles. The lowest BCUT2D eigenvalue weighted by Crippen LogP contribution is -2.51. The van der Waals surface area contributed by atoms with E-state index in [-0.39, 0.29) is 11.6 Å². The van der Waals surface area contributed by atoms with Gasteiger partial charge in [-0.25, -0.2) is 4.68 Å². The maximum absolute atomic E-state index is 4.22. The Morgan fingerprint density at radius 1 is 1.37 bits per heavy atom. The van der Waals surface area contributed by atoms with Gasteiger partial charge in [-0.3, -0.25) is 0 Å². The topological polar surface area (TPSA) is 46.0 Å². The molecular formula is C14H29N5. The molecule has 0 spiro atoms. The lowest BCUT2D eigenvalue weighted by atomic mass is 9.86. The van der Waals surface area contributed by atoms with E-state index in [9.17, 15) is 0 Å². The normalized spacial score (nSPS) is 16.6. The van der Waals surface area contributed by atoms with Crippen LogP contribution in [0.4, 0.5) is 0 Å². The van der Waals surface area contributed by atoms with Crippen LogP contribution < -0.4 is 5.32 Å². The van der Waals surface area contributed by atoms with Gasteiger partial charge in [0.25, 0.3) is 0 Å². The first-order valence-electron chi connectivity index (χ1n) is 7.30. The summed E-state index contributed by atoms with van der Waals surface area (Å²) in [6.45, 7) is 10.7. The number of hydrogen-bond acceptors (Lipinski definition) is 4. The average Bonchev–Trinajstić information content (AvgIpc) is 2.83. The molecule has 1 N–H and O–H groups in total. The second-order valence-electron chi connectivity index (χ2n) is 5.48. The van der Waals surface area contributed by atoms with Crippen molar-refractivity contribution in [3.05, 3.63) is 11.9 Å². The van der Waals surface area contributed by atoms with Crippen molar-refractivity contribution in [1.82, 2.24) is 25.2 Å². The highest BCUT2D eigenvalue weighted by Crippen LogP contribution is 2.32. The fourth-order valence-corrected chi connectivity index (χ4v) is 2.50. The second-order valence-corrected chi connectivity index (χ2v) is 5.48. The van der Waals surface area contributed by atoms with Crippen molar-refractivity contribution in [3.8, 4) is 0 Å². The number of aromatic nitrogens is 3. The Balaban J connectivity index is 3.15. The standard InChI is InChI=1S/C14H29N5/c1-7-10-19-12(11-16-17-19)13(15-9-3)14(4,8-2)18(5)6/h11,13,15H,7-10H2,1-6H3. The molecule has 0 fully saturated rings. The average molecular weight is 267 g/mol. The van der Waals surface area contributed by atoms with E-state index < -0.39 is 0 Å². The van der Waals surface area contributed by atoms with Gasteiger partial charge in [0.2, 0.25) is 0 Å². The molecule has 0 radical (unpaired) electrons. The van der Waals surface area contributed by atoms with E-state index in [1.807, 2.05) is 10.9 Å². The van der Waals surface area contributed by atoms with Crippen LogP contribution in [0.1, 0.15) is 52.3 Å². The Bertz CT molecular complexity index is 374. The van der Waals surface area contributed by atoms with E-state index in [2.05, 4.69) is 62.3 Å². The Morgan fingerprint density at radius 2 is 2.05 bits per heavy atom. The second kappa shape index (κ2) is 7.01. The fourth-order valence-electron chi connectivity index (χ4n) is 2.50. The third-order valence-electron chi connectivity index (χ3n) is 4.15. The summed E-state index contributed by atoms with van der Waals surface area (Å²) in [4.78, 5) is 2.30. The number of rotatable bonds is 8. The zero-order valence-corrected chi connectivity index (χ0v) is 13.3. The number of nitrogens with one attached hydrogen (secondary N) is 1.